The predicted molar refractivity (Wildman–Crippen MR) is 223 cm³/mol. The van der Waals surface area contributed by atoms with Crippen LogP contribution in [-0.2, 0) is 82.6 Å². The lowest BCUT2D eigenvalue weighted by molar-refractivity contribution is -0.0593. The minimum atomic E-state index is -1.13. The van der Waals surface area contributed by atoms with E-state index in [0.717, 1.165) is 0 Å². The smallest absolute Gasteiger partial charge is 0.111 e. The largest absolute Gasteiger partial charge is 0.616 e. The van der Waals surface area contributed by atoms with Crippen LogP contribution in [0.4, 0.5) is 0 Å². The third-order valence-electron chi connectivity index (χ3n) is 14.1. The average molecular weight is 873 g/mol. The lowest BCUT2D eigenvalue weighted by Crippen LogP contribution is -2.49. The first-order valence-electron chi connectivity index (χ1n) is 20.6. The highest BCUT2D eigenvalue weighted by molar-refractivity contribution is 7.92. The Kier molecular flexibility index (Phi) is 20.0. The van der Waals surface area contributed by atoms with Gasteiger partial charge in [0.15, 0.2) is 0 Å². The van der Waals surface area contributed by atoms with Crippen LogP contribution in [0.5, 0.6) is 0 Å². The fourth-order valence-corrected chi connectivity index (χ4v) is 18.2. The molecule has 16 heteroatoms. The zero-order valence-corrected chi connectivity index (χ0v) is 38.3. The summed E-state index contributed by atoms with van der Waals surface area (Å²) in [4.78, 5) is 0. The van der Waals surface area contributed by atoms with Crippen molar-refractivity contribution in [3.8, 4) is 0 Å². The summed E-state index contributed by atoms with van der Waals surface area (Å²) in [7, 11) is 13.7. The topological polar surface area (TPSA) is 166 Å². The summed E-state index contributed by atoms with van der Waals surface area (Å²) in [6.45, 7) is 0. The molecule has 14 fully saturated rings. The van der Waals surface area contributed by atoms with Crippen molar-refractivity contribution < 1.29 is 56.1 Å². The highest BCUT2D eigenvalue weighted by Gasteiger charge is 2.48. The van der Waals surface area contributed by atoms with Gasteiger partial charge in [-0.2, -0.15) is 0 Å². The van der Waals surface area contributed by atoms with Crippen LogP contribution >= 0.6 is 0 Å². The lowest BCUT2D eigenvalue weighted by Gasteiger charge is -2.43. The molecule has 0 aromatic carbocycles. The first-order chi connectivity index (χ1) is 27.0. The summed E-state index contributed by atoms with van der Waals surface area (Å²) in [5, 5.41) is 0. The van der Waals surface area contributed by atoms with E-state index in [9.17, 15) is 18.2 Å². The van der Waals surface area contributed by atoms with Gasteiger partial charge in [0.25, 0.3) is 0 Å². The van der Waals surface area contributed by atoms with Gasteiger partial charge in [-0.05, 0) is 51.4 Å². The molecule has 0 N–H and O–H groups in total. The molecule has 4 aliphatic carbocycles. The quantitative estimate of drug-likeness (QED) is 0.328. The number of rotatable bonds is 8. The molecule has 0 radical (unpaired) electrons. The van der Waals surface area contributed by atoms with Gasteiger partial charge in [0.05, 0.1) is 48.8 Å². The molecule has 0 aromatic heterocycles. The van der Waals surface area contributed by atoms with Crippen molar-refractivity contribution in [2.75, 3.05) is 103 Å². The van der Waals surface area contributed by atoms with Gasteiger partial charge in [-0.1, -0.05) is 44.7 Å². The fraction of sp³-hybridized carbons (Fsp3) is 1.00. The van der Waals surface area contributed by atoms with Crippen LogP contribution in [0.25, 0.3) is 0 Å². The van der Waals surface area contributed by atoms with E-state index in [2.05, 4.69) is 0 Å². The first-order valence-corrected chi connectivity index (χ1v) is 26.5. The van der Waals surface area contributed by atoms with E-state index in [1.54, 1.807) is 56.9 Å². The van der Waals surface area contributed by atoms with Crippen LogP contribution < -0.4 is 0 Å². The van der Waals surface area contributed by atoms with E-state index in [0.29, 0.717) is 97.4 Å². The van der Waals surface area contributed by atoms with Gasteiger partial charge in [-0.25, -0.2) is 0 Å². The Labute approximate surface area is 349 Å². The zero-order chi connectivity index (χ0) is 40.5. The maximum absolute atomic E-state index is 13.9. The second-order valence-corrected chi connectivity index (χ2v) is 23.4. The molecule has 14 aliphatic rings. The Balaban J connectivity index is 1.37. The minimum absolute atomic E-state index is 0.0464. The molecule has 14 rings (SSSR count). The van der Waals surface area contributed by atoms with E-state index in [4.69, 9.17) is 37.9 Å². The molecule has 8 unspecified atom stereocenters. The van der Waals surface area contributed by atoms with Gasteiger partial charge >= 0.3 is 0 Å². The monoisotopic (exact) mass is 872 g/mol. The third-order valence-corrected chi connectivity index (χ3v) is 20.5. The van der Waals surface area contributed by atoms with Crippen LogP contribution in [-0.4, -0.2) is 170 Å². The summed E-state index contributed by atoms with van der Waals surface area (Å²) in [6.07, 6.45) is 4.70. The first kappa shape index (κ1) is 48.0. The molecule has 328 valence electrons. The number of hydrogen-bond donors (Lipinski definition) is 0. The van der Waals surface area contributed by atoms with Gasteiger partial charge < -0.3 is 56.1 Å². The van der Waals surface area contributed by atoms with Gasteiger partial charge in [0.1, 0.15) is 46.0 Å². The Bertz CT molecular complexity index is 887. The molecular formula is C40H72O12S4. The fourth-order valence-electron chi connectivity index (χ4n) is 11.0. The standard InChI is InChI=1S/C40H72O12S4/c1-45-33-9-26-18-54(42)20-28-12-38(50-6)30(14-37(28)49-5)22-56(44)24-32-16-39(51-7)31(15-40(32)52-8)23-55(43)21-29-13-35(47-3)27(11-36(29)48-4)19-53(41)17-25(33)10-34(26)46-2/h25-40H,9-24H2,1-8H3/t25-,26-,27-,28-,29-,30-,31-,32-,33?,34?,35?,36?,37?,38?,39?,40?,53-,54+,55?,56?/m1/s1. The summed E-state index contributed by atoms with van der Waals surface area (Å²) in [6, 6.07) is 0. The highest BCUT2D eigenvalue weighted by Crippen LogP contribution is 2.41. The number of methoxy groups -OCH3 is 8. The summed E-state index contributed by atoms with van der Waals surface area (Å²) < 4.78 is 104. The zero-order valence-electron chi connectivity index (χ0n) is 35.1. The van der Waals surface area contributed by atoms with Gasteiger partial charge in [-0.15, -0.1) is 0 Å². The lowest BCUT2D eigenvalue weighted by atomic mass is 9.79. The van der Waals surface area contributed by atoms with E-state index >= 15 is 0 Å². The van der Waals surface area contributed by atoms with Crippen LogP contribution in [0.15, 0.2) is 0 Å². The van der Waals surface area contributed by atoms with Crippen LogP contribution in [0.2, 0.25) is 0 Å². The molecule has 8 bridgehead atoms. The van der Waals surface area contributed by atoms with Gasteiger partial charge in [-0.3, -0.25) is 0 Å². The van der Waals surface area contributed by atoms with E-state index < -0.39 is 44.7 Å². The second-order valence-electron chi connectivity index (χ2n) is 17.3. The normalized spacial score (nSPS) is 47.8. The summed E-state index contributed by atoms with van der Waals surface area (Å²) in [5.74, 6) is 4.37. The van der Waals surface area contributed by atoms with Crippen molar-refractivity contribution in [3.63, 3.8) is 0 Å². The molecule has 16 atom stereocenters. The van der Waals surface area contributed by atoms with Crippen molar-refractivity contribution in [1.82, 2.24) is 0 Å². The molecule has 0 aromatic rings. The minimum Gasteiger partial charge on any atom is -0.616 e. The maximum atomic E-state index is 13.9. The summed E-state index contributed by atoms with van der Waals surface area (Å²) in [5.41, 5.74) is 0. The Morgan fingerprint density at radius 1 is 0.250 bits per heavy atom. The van der Waals surface area contributed by atoms with Crippen molar-refractivity contribution in [1.29, 1.82) is 0 Å². The Morgan fingerprint density at radius 3 is 0.446 bits per heavy atom. The molecule has 10 aliphatic heterocycles. The Morgan fingerprint density at radius 2 is 0.357 bits per heavy atom. The van der Waals surface area contributed by atoms with E-state index in [1.165, 1.54) is 0 Å². The number of ether oxygens (including phenoxy) is 8. The molecular weight excluding hydrogens is 801 g/mol. The highest BCUT2D eigenvalue weighted by atomic mass is 32.2. The summed E-state index contributed by atoms with van der Waals surface area (Å²) >= 11 is -4.53. The molecule has 10 saturated heterocycles. The van der Waals surface area contributed by atoms with Crippen molar-refractivity contribution in [2.45, 2.75) is 100 Å². The molecule has 4 saturated carbocycles. The molecule has 10 heterocycles. The molecule has 0 spiro atoms. The molecule has 12 nitrogen and oxygen atoms in total. The van der Waals surface area contributed by atoms with Gasteiger partial charge in [0.2, 0.25) is 0 Å². The van der Waals surface area contributed by atoms with Crippen LogP contribution in [0, 0.1) is 47.3 Å². The van der Waals surface area contributed by atoms with Crippen molar-refractivity contribution in [2.24, 2.45) is 47.3 Å². The van der Waals surface area contributed by atoms with E-state index in [1.807, 2.05) is 0 Å². The average Bonchev–Trinajstić information content (AvgIpc) is 3.18. The van der Waals surface area contributed by atoms with Crippen molar-refractivity contribution in [3.05, 3.63) is 0 Å². The SMILES string of the molecule is COC1C[C@@H]2C[S+]([O-])C[C@H]3CC(OC)[C@H](CC3OC)C[S@+]([O-])C[C@H]3CC(OC)[C@H](CC3OC)C[S@+]([O-])C[C@H]3CC(OC)[C@H](CC3OC)C[S+]([O-])C[C@H]1CC2OC. The second kappa shape index (κ2) is 23.4. The van der Waals surface area contributed by atoms with Crippen LogP contribution in [0.1, 0.15) is 51.4 Å². The molecule has 56 heavy (non-hydrogen) atoms. The van der Waals surface area contributed by atoms with Gasteiger partial charge in [0, 0.05) is 104 Å². The van der Waals surface area contributed by atoms with Crippen molar-refractivity contribution >= 4 is 44.7 Å². The number of hydrogen-bond acceptors (Lipinski definition) is 12. The van der Waals surface area contributed by atoms with E-state index in [-0.39, 0.29) is 96.2 Å². The predicted octanol–water partition coefficient (Wildman–Crippen LogP) is 3.22. The van der Waals surface area contributed by atoms with Crippen LogP contribution in [0.3, 0.4) is 0 Å². The third kappa shape index (κ3) is 12.5. The Hall–Kier alpha value is 0.920. The maximum Gasteiger partial charge on any atom is 0.111 e. The molecule has 0 amide bonds.